The Balaban J connectivity index is 2.09. The molecule has 36 heavy (non-hydrogen) atoms. The van der Waals surface area contributed by atoms with Gasteiger partial charge in [0.2, 0.25) is 14.9 Å². The Morgan fingerprint density at radius 2 is 1.69 bits per heavy atom. The summed E-state index contributed by atoms with van der Waals surface area (Å²) in [5.41, 5.74) is 1.92. The molecule has 1 aliphatic rings. The molecule has 4 N–H and O–H groups in total. The number of ether oxygens (including phenoxy) is 1. The van der Waals surface area contributed by atoms with Gasteiger partial charge in [-0.1, -0.05) is 73.7 Å². The van der Waals surface area contributed by atoms with Gasteiger partial charge in [-0.2, -0.15) is 0 Å². The molecule has 0 unspecified atom stereocenters. The first-order valence-corrected chi connectivity index (χ1v) is 13.1. The number of carboxylic acids is 1. The van der Waals surface area contributed by atoms with Crippen molar-refractivity contribution in [3.63, 3.8) is 0 Å². The summed E-state index contributed by atoms with van der Waals surface area (Å²) >= 11 is 0. The molecule has 0 heterocycles. The van der Waals surface area contributed by atoms with Gasteiger partial charge < -0.3 is 20.5 Å². The van der Waals surface area contributed by atoms with E-state index in [0.29, 0.717) is 24.1 Å². The molecule has 0 fully saturated rings. The van der Waals surface area contributed by atoms with E-state index in [1.807, 2.05) is 37.3 Å². The van der Waals surface area contributed by atoms with Crippen LogP contribution >= 0.6 is 0 Å². The van der Waals surface area contributed by atoms with Crippen LogP contribution in [0.25, 0.3) is 5.57 Å². The van der Waals surface area contributed by atoms with Crippen molar-refractivity contribution in [2.75, 3.05) is 13.7 Å². The fourth-order valence-electron chi connectivity index (χ4n) is 4.05. The second kappa shape index (κ2) is 11.9. The predicted octanol–water partition coefficient (Wildman–Crippen LogP) is 3.54. The lowest BCUT2D eigenvalue weighted by molar-refractivity contribution is -0.137. The minimum absolute atomic E-state index is 0.00321. The minimum atomic E-state index is -4.48. The molecule has 9 nitrogen and oxygen atoms in total. The van der Waals surface area contributed by atoms with Gasteiger partial charge in [0.15, 0.2) is 0 Å². The molecule has 0 spiro atoms. The number of allylic oxidation sites excluding steroid dienone is 2. The number of hydrogen-bond acceptors (Lipinski definition) is 5. The molecule has 2 amide bonds. The van der Waals surface area contributed by atoms with E-state index in [4.69, 9.17) is 4.74 Å². The van der Waals surface area contributed by atoms with Crippen molar-refractivity contribution >= 4 is 27.6 Å². The van der Waals surface area contributed by atoms with Crippen LogP contribution in [0.4, 0.5) is 4.79 Å². The highest BCUT2D eigenvalue weighted by Gasteiger charge is 2.52. The summed E-state index contributed by atoms with van der Waals surface area (Å²) in [7, 11) is -3.15. The van der Waals surface area contributed by atoms with Gasteiger partial charge in [0.25, 0.3) is 0 Å². The Labute approximate surface area is 211 Å². The molecule has 0 saturated carbocycles. The molecular formula is C26H31N3O6S. The summed E-state index contributed by atoms with van der Waals surface area (Å²) in [6, 6.07) is 15.9. The van der Waals surface area contributed by atoms with E-state index in [-0.39, 0.29) is 12.2 Å². The lowest BCUT2D eigenvalue weighted by Gasteiger charge is -2.38. The quantitative estimate of drug-likeness (QED) is 0.363. The number of carbonyl (C=O) groups is 2. The molecule has 2 atom stereocenters. The number of carboxylic acid groups (broad SMARTS) is 1. The van der Waals surface area contributed by atoms with Gasteiger partial charge in [-0.15, -0.1) is 0 Å². The largest absolute Gasteiger partial charge is 0.497 e. The van der Waals surface area contributed by atoms with Crippen molar-refractivity contribution in [3.8, 4) is 0 Å². The van der Waals surface area contributed by atoms with Crippen LogP contribution in [0.5, 0.6) is 0 Å². The summed E-state index contributed by atoms with van der Waals surface area (Å²) in [5, 5.41) is 14.8. The molecule has 10 heteroatoms. The second-order valence-corrected chi connectivity index (χ2v) is 10.3. The normalized spacial score (nSPS) is 18.4. The number of urea groups is 1. The van der Waals surface area contributed by atoms with Crippen LogP contribution in [0, 0.1) is 0 Å². The number of sulfonamides is 1. The first-order chi connectivity index (χ1) is 17.2. The maximum absolute atomic E-state index is 14.1. The number of benzene rings is 2. The van der Waals surface area contributed by atoms with Gasteiger partial charge in [-0.05, 0) is 29.2 Å². The van der Waals surface area contributed by atoms with Crippen molar-refractivity contribution in [1.29, 1.82) is 0 Å². The number of methoxy groups -OCH3 is 1. The van der Waals surface area contributed by atoms with Crippen LogP contribution in [-0.2, 0) is 19.6 Å². The van der Waals surface area contributed by atoms with Crippen molar-refractivity contribution in [3.05, 3.63) is 89.7 Å². The van der Waals surface area contributed by atoms with Crippen molar-refractivity contribution < 1.29 is 27.9 Å². The van der Waals surface area contributed by atoms with Crippen molar-refractivity contribution in [2.24, 2.45) is 0 Å². The fourth-order valence-corrected chi connectivity index (χ4v) is 5.83. The number of carbonyl (C=O) groups excluding carboxylic acids is 1. The van der Waals surface area contributed by atoms with Crippen LogP contribution in [0.15, 0.2) is 78.6 Å². The summed E-state index contributed by atoms with van der Waals surface area (Å²) < 4.78 is 36.3. The predicted molar refractivity (Wildman–Crippen MR) is 137 cm³/mol. The minimum Gasteiger partial charge on any atom is -0.497 e. The number of amides is 2. The van der Waals surface area contributed by atoms with E-state index in [9.17, 15) is 23.1 Å². The van der Waals surface area contributed by atoms with E-state index in [2.05, 4.69) is 15.4 Å². The number of nitrogens with one attached hydrogen (secondary N) is 3. The lowest BCUT2D eigenvalue weighted by Crippen LogP contribution is -2.62. The SMILES string of the molecule is CCCNC(=O)N[C@]1(S(=O)(=O)N[C@H](CC(=O)O)c2ccccc2)CC(c2ccccc2)=CC=C1OC. The lowest BCUT2D eigenvalue weighted by atomic mass is 9.92. The maximum atomic E-state index is 14.1. The van der Waals surface area contributed by atoms with Gasteiger partial charge in [0.05, 0.1) is 19.6 Å². The smallest absolute Gasteiger partial charge is 0.316 e. The molecule has 1 aliphatic carbocycles. The molecule has 0 aromatic heterocycles. The molecule has 3 rings (SSSR count). The molecule has 2 aromatic carbocycles. The zero-order valence-electron chi connectivity index (χ0n) is 20.2. The van der Waals surface area contributed by atoms with Gasteiger partial charge in [0, 0.05) is 13.0 Å². The van der Waals surface area contributed by atoms with Crippen LogP contribution in [0.1, 0.15) is 43.4 Å². The molecular weight excluding hydrogens is 482 g/mol. The third kappa shape index (κ3) is 6.13. The third-order valence-electron chi connectivity index (χ3n) is 5.83. The summed E-state index contributed by atoms with van der Waals surface area (Å²) in [6.07, 6.45) is 3.29. The van der Waals surface area contributed by atoms with Crippen LogP contribution in [0.3, 0.4) is 0 Å². The first kappa shape index (κ1) is 27.0. The summed E-state index contributed by atoms with van der Waals surface area (Å²) in [5.74, 6) is -1.17. The Morgan fingerprint density at radius 3 is 2.28 bits per heavy atom. The average Bonchev–Trinajstić information content (AvgIpc) is 2.87. The number of hydrogen-bond donors (Lipinski definition) is 4. The Hall–Kier alpha value is -3.63. The molecule has 0 aliphatic heterocycles. The highest BCUT2D eigenvalue weighted by Crippen LogP contribution is 2.39. The van der Waals surface area contributed by atoms with Crippen molar-refractivity contribution in [2.45, 2.75) is 37.1 Å². The highest BCUT2D eigenvalue weighted by molar-refractivity contribution is 7.91. The topological polar surface area (TPSA) is 134 Å². The molecule has 2 aromatic rings. The standard InChI is InChI=1S/C26H31N3O6S/c1-3-16-27-25(32)28-26(18-21(14-15-23(26)35-2)19-10-6-4-7-11-19)36(33,34)29-22(17-24(30)31)20-12-8-5-9-13-20/h4-15,22,29H,3,16-18H2,1-2H3,(H,30,31)(H2,27,28,32)/t22-,26+/m1/s1. The van der Waals surface area contributed by atoms with E-state index in [0.717, 1.165) is 5.56 Å². The van der Waals surface area contributed by atoms with Gasteiger partial charge >= 0.3 is 12.0 Å². The van der Waals surface area contributed by atoms with E-state index >= 15 is 0 Å². The van der Waals surface area contributed by atoms with Crippen LogP contribution in [0.2, 0.25) is 0 Å². The molecule has 0 saturated heterocycles. The first-order valence-electron chi connectivity index (χ1n) is 11.6. The van der Waals surface area contributed by atoms with E-state index in [1.165, 1.54) is 13.2 Å². The maximum Gasteiger partial charge on any atom is 0.316 e. The summed E-state index contributed by atoms with van der Waals surface area (Å²) in [4.78, 5) is 22.4. The number of aliphatic carboxylic acids is 1. The van der Waals surface area contributed by atoms with E-state index in [1.54, 1.807) is 36.4 Å². The third-order valence-corrected chi connectivity index (χ3v) is 7.79. The van der Waals surface area contributed by atoms with Crippen LogP contribution in [-0.4, -0.2) is 44.1 Å². The monoisotopic (exact) mass is 513 g/mol. The Bertz CT molecular complexity index is 1230. The van der Waals surface area contributed by atoms with Crippen molar-refractivity contribution in [1.82, 2.24) is 15.4 Å². The average molecular weight is 514 g/mol. The molecule has 0 radical (unpaired) electrons. The number of rotatable bonds is 11. The van der Waals surface area contributed by atoms with Crippen LogP contribution < -0.4 is 15.4 Å². The van der Waals surface area contributed by atoms with Gasteiger partial charge in [0.1, 0.15) is 5.76 Å². The van der Waals surface area contributed by atoms with Gasteiger partial charge in [-0.25, -0.2) is 17.9 Å². The second-order valence-electron chi connectivity index (χ2n) is 8.36. The zero-order valence-corrected chi connectivity index (χ0v) is 21.0. The highest BCUT2D eigenvalue weighted by atomic mass is 32.2. The van der Waals surface area contributed by atoms with Gasteiger partial charge in [-0.3, -0.25) is 4.79 Å². The fraction of sp³-hybridized carbons (Fsp3) is 0.308. The summed E-state index contributed by atoms with van der Waals surface area (Å²) in [6.45, 7) is 2.22. The Kier molecular flexibility index (Phi) is 8.89. The molecule has 0 bridgehead atoms. The molecule has 192 valence electrons. The van der Waals surface area contributed by atoms with E-state index < -0.39 is 39.4 Å². The Morgan fingerprint density at radius 1 is 1.06 bits per heavy atom. The zero-order chi connectivity index (χ0) is 26.2.